The van der Waals surface area contributed by atoms with Gasteiger partial charge in [0.2, 0.25) is 0 Å². The lowest BCUT2D eigenvalue weighted by atomic mass is 10.1. The molecule has 2 amide bonds. The number of ketones is 1. The first-order chi connectivity index (χ1) is 14.8. The lowest BCUT2D eigenvalue weighted by Gasteiger charge is -2.13. The summed E-state index contributed by atoms with van der Waals surface area (Å²) in [4.78, 5) is 38.8. The fourth-order valence-electron chi connectivity index (χ4n) is 3.62. The molecule has 31 heavy (non-hydrogen) atoms. The number of halogens is 1. The van der Waals surface area contributed by atoms with Crippen molar-refractivity contribution in [3.05, 3.63) is 87.0 Å². The third kappa shape index (κ3) is 3.84. The molecular formula is C24H19ClN2O3S. The maximum Gasteiger partial charge on any atom is 0.298 e. The Balaban J connectivity index is 1.74. The van der Waals surface area contributed by atoms with Crippen molar-refractivity contribution in [2.75, 3.05) is 4.90 Å². The fourth-order valence-corrected chi connectivity index (χ4v) is 4.65. The molecule has 0 saturated carbocycles. The van der Waals surface area contributed by atoms with Crippen LogP contribution in [-0.4, -0.2) is 21.5 Å². The van der Waals surface area contributed by atoms with E-state index in [-0.39, 0.29) is 16.9 Å². The summed E-state index contributed by atoms with van der Waals surface area (Å²) in [5.41, 5.74) is 4.37. The van der Waals surface area contributed by atoms with Crippen LogP contribution in [0.25, 0.3) is 11.8 Å². The van der Waals surface area contributed by atoms with Crippen molar-refractivity contribution in [2.24, 2.45) is 0 Å². The number of nitrogens with zero attached hydrogens (tertiary/aromatic N) is 2. The molecule has 2 heterocycles. The number of hydrogen-bond acceptors (Lipinski definition) is 4. The Morgan fingerprint density at radius 3 is 2.42 bits per heavy atom. The summed E-state index contributed by atoms with van der Waals surface area (Å²) in [5.74, 6) is -0.391. The van der Waals surface area contributed by atoms with Crippen LogP contribution < -0.4 is 4.90 Å². The van der Waals surface area contributed by atoms with Crippen LogP contribution in [0.4, 0.5) is 10.5 Å². The predicted octanol–water partition coefficient (Wildman–Crippen LogP) is 6.19. The van der Waals surface area contributed by atoms with Gasteiger partial charge in [-0.3, -0.25) is 14.4 Å². The molecule has 156 valence electrons. The van der Waals surface area contributed by atoms with E-state index in [2.05, 4.69) is 0 Å². The number of aromatic nitrogens is 1. The van der Waals surface area contributed by atoms with Crippen LogP contribution in [0, 0.1) is 13.8 Å². The molecule has 1 aromatic heterocycles. The Kier molecular flexibility index (Phi) is 5.60. The molecule has 0 unspecified atom stereocenters. The zero-order chi connectivity index (χ0) is 22.3. The van der Waals surface area contributed by atoms with Crippen LogP contribution in [0.5, 0.6) is 0 Å². The summed E-state index contributed by atoms with van der Waals surface area (Å²) in [6.07, 6.45) is 1.73. The molecule has 0 bridgehead atoms. The highest BCUT2D eigenvalue weighted by Crippen LogP contribution is 2.37. The van der Waals surface area contributed by atoms with Gasteiger partial charge < -0.3 is 4.57 Å². The number of carbonyl (C=O) groups excluding carboxylic acids is 3. The molecule has 0 radical (unpaired) electrons. The quantitative estimate of drug-likeness (QED) is 0.351. The first-order valence-corrected chi connectivity index (χ1v) is 10.8. The number of anilines is 1. The van der Waals surface area contributed by atoms with Gasteiger partial charge in [0.05, 0.1) is 21.3 Å². The molecule has 7 heteroatoms. The van der Waals surface area contributed by atoms with Crippen LogP contribution in [0.2, 0.25) is 5.02 Å². The van der Waals surface area contributed by atoms with Gasteiger partial charge in [0.15, 0.2) is 5.78 Å². The second-order valence-corrected chi connectivity index (χ2v) is 8.64. The molecule has 0 atom stereocenters. The SMILES string of the molecule is CC(=O)c1ccc(Cl)c(-n2c(C)cc(C=C3SC(=O)N(c4ccccc4)C3=O)c2C)c1. The van der Waals surface area contributed by atoms with Gasteiger partial charge in [-0.2, -0.15) is 0 Å². The van der Waals surface area contributed by atoms with Gasteiger partial charge >= 0.3 is 0 Å². The minimum Gasteiger partial charge on any atom is -0.316 e. The number of Topliss-reactive ketones (excluding diaryl/α,β-unsaturated/α-hetero) is 1. The first-order valence-electron chi connectivity index (χ1n) is 9.60. The molecule has 1 aliphatic rings. The van der Waals surface area contributed by atoms with Gasteiger partial charge in [-0.15, -0.1) is 0 Å². The molecule has 0 spiro atoms. The number of hydrogen-bond donors (Lipinski definition) is 0. The van der Waals surface area contributed by atoms with Crippen LogP contribution in [0.15, 0.2) is 59.5 Å². The van der Waals surface area contributed by atoms with E-state index in [0.29, 0.717) is 26.9 Å². The fraction of sp³-hybridized carbons (Fsp3) is 0.125. The largest absolute Gasteiger partial charge is 0.316 e. The Morgan fingerprint density at radius 2 is 1.74 bits per heavy atom. The van der Waals surface area contributed by atoms with E-state index < -0.39 is 0 Å². The second kappa shape index (κ2) is 8.21. The second-order valence-electron chi connectivity index (χ2n) is 7.24. The van der Waals surface area contributed by atoms with Crippen LogP contribution in [-0.2, 0) is 4.79 Å². The van der Waals surface area contributed by atoms with Gasteiger partial charge in [0, 0.05) is 17.0 Å². The number of amides is 2. The van der Waals surface area contributed by atoms with Crippen molar-refractivity contribution in [1.82, 2.24) is 4.57 Å². The summed E-state index contributed by atoms with van der Waals surface area (Å²) >= 11 is 7.35. The van der Waals surface area contributed by atoms with Crippen LogP contribution >= 0.6 is 23.4 Å². The molecular weight excluding hydrogens is 432 g/mol. The van der Waals surface area contributed by atoms with E-state index in [0.717, 1.165) is 28.7 Å². The van der Waals surface area contributed by atoms with E-state index in [1.54, 1.807) is 48.5 Å². The molecule has 4 rings (SSSR count). The van der Waals surface area contributed by atoms with Crippen LogP contribution in [0.1, 0.15) is 34.2 Å². The smallest absolute Gasteiger partial charge is 0.298 e. The summed E-state index contributed by atoms with van der Waals surface area (Å²) in [7, 11) is 0. The average Bonchev–Trinajstić information content (AvgIpc) is 3.17. The lowest BCUT2D eigenvalue weighted by Crippen LogP contribution is -2.27. The third-order valence-corrected chi connectivity index (χ3v) is 6.35. The van der Waals surface area contributed by atoms with E-state index in [1.165, 1.54) is 11.8 Å². The molecule has 5 nitrogen and oxygen atoms in total. The molecule has 0 aliphatic carbocycles. The number of thioether (sulfide) groups is 1. The van der Waals surface area contributed by atoms with Crippen molar-refractivity contribution in [1.29, 1.82) is 0 Å². The Morgan fingerprint density at radius 1 is 1.03 bits per heavy atom. The number of aryl methyl sites for hydroxylation is 1. The summed E-state index contributed by atoms with van der Waals surface area (Å²) in [6.45, 7) is 5.35. The first kappa shape index (κ1) is 21.2. The standard InChI is InChI=1S/C24H19ClN2O3S/c1-14-11-18(15(2)26(14)21-12-17(16(3)28)9-10-20(21)25)13-22-23(29)27(24(30)31-22)19-7-5-4-6-8-19/h4-13H,1-3H3. The Labute approximate surface area is 189 Å². The Hall–Kier alpha value is -3.09. The predicted molar refractivity (Wildman–Crippen MR) is 125 cm³/mol. The summed E-state index contributed by atoms with van der Waals surface area (Å²) in [6, 6.07) is 16.0. The highest BCUT2D eigenvalue weighted by Gasteiger charge is 2.36. The normalized spacial score (nSPS) is 15.2. The number of para-hydroxylation sites is 1. The topological polar surface area (TPSA) is 59.4 Å². The monoisotopic (exact) mass is 450 g/mol. The van der Waals surface area contributed by atoms with Crippen molar-refractivity contribution in [2.45, 2.75) is 20.8 Å². The Bertz CT molecular complexity index is 1260. The van der Waals surface area contributed by atoms with E-state index in [1.807, 2.05) is 30.5 Å². The number of benzene rings is 2. The molecule has 1 saturated heterocycles. The van der Waals surface area contributed by atoms with Gasteiger partial charge in [-0.25, -0.2) is 4.90 Å². The minimum atomic E-state index is -0.345. The van der Waals surface area contributed by atoms with Gasteiger partial charge in [0.25, 0.3) is 11.1 Å². The van der Waals surface area contributed by atoms with Crippen LogP contribution in [0.3, 0.4) is 0 Å². The summed E-state index contributed by atoms with van der Waals surface area (Å²) in [5, 5.41) is 0.191. The summed E-state index contributed by atoms with van der Waals surface area (Å²) < 4.78 is 1.95. The molecule has 0 N–H and O–H groups in total. The molecule has 1 fully saturated rings. The molecule has 3 aromatic rings. The maximum absolute atomic E-state index is 12.9. The average molecular weight is 451 g/mol. The minimum absolute atomic E-state index is 0.0461. The van der Waals surface area contributed by atoms with Crippen molar-refractivity contribution < 1.29 is 14.4 Å². The van der Waals surface area contributed by atoms with E-state index >= 15 is 0 Å². The number of rotatable bonds is 4. The molecule has 1 aliphatic heterocycles. The van der Waals surface area contributed by atoms with Gasteiger partial charge in [-0.1, -0.05) is 29.8 Å². The van der Waals surface area contributed by atoms with Gasteiger partial charge in [0.1, 0.15) is 0 Å². The van der Waals surface area contributed by atoms with E-state index in [9.17, 15) is 14.4 Å². The highest BCUT2D eigenvalue weighted by molar-refractivity contribution is 8.19. The van der Waals surface area contributed by atoms with E-state index in [4.69, 9.17) is 11.6 Å². The maximum atomic E-state index is 12.9. The number of imide groups is 1. The number of carbonyl (C=O) groups is 3. The highest BCUT2D eigenvalue weighted by atomic mass is 35.5. The van der Waals surface area contributed by atoms with Crippen molar-refractivity contribution >= 4 is 52.1 Å². The van der Waals surface area contributed by atoms with Gasteiger partial charge in [-0.05, 0) is 80.6 Å². The zero-order valence-corrected chi connectivity index (χ0v) is 18.8. The molecule has 2 aromatic carbocycles. The van der Waals surface area contributed by atoms with Crippen molar-refractivity contribution in [3.63, 3.8) is 0 Å². The lowest BCUT2D eigenvalue weighted by molar-refractivity contribution is -0.113. The zero-order valence-electron chi connectivity index (χ0n) is 17.2. The van der Waals surface area contributed by atoms with Crippen molar-refractivity contribution in [3.8, 4) is 5.69 Å². The third-order valence-electron chi connectivity index (χ3n) is 5.16.